The van der Waals surface area contributed by atoms with Crippen LogP contribution in [0.25, 0.3) is 6.08 Å². The highest BCUT2D eigenvalue weighted by molar-refractivity contribution is 5.83. The number of carboxylic acids is 2. The molecule has 230 valence electrons. The molecular weight excluding hydrogens is 560 g/mol. The van der Waals surface area contributed by atoms with Gasteiger partial charge < -0.3 is 21.3 Å². The van der Waals surface area contributed by atoms with E-state index in [2.05, 4.69) is 53.5 Å². The summed E-state index contributed by atoms with van der Waals surface area (Å²) in [5.74, 6) is -5.03. The van der Waals surface area contributed by atoms with Gasteiger partial charge in [0.2, 0.25) is 5.91 Å². The zero-order valence-electron chi connectivity index (χ0n) is 22.9. The van der Waals surface area contributed by atoms with Crippen LogP contribution in [0, 0.1) is 11.3 Å². The quantitative estimate of drug-likeness (QED) is 0.343. The van der Waals surface area contributed by atoms with Crippen LogP contribution in [0.5, 0.6) is 0 Å². The standard InChI is InChI=1S/C23H33N3O.2C2HF3O2/c1-4-17(10-16-8-6-5-7-9-16)19-11-20(19)25-18-12-23(13-18)14-26(15-23)22(2,3)21(24)27;2*3-2(4,5)1(6)7/h5-10,18-20,25H,4,11-15H2,1-3H3,(H2,24,27);2*(H,6,7)/b17-10+;;/t19-,20+;;/m1../s1. The van der Waals surface area contributed by atoms with Gasteiger partial charge in [-0.05, 0) is 56.4 Å². The molecule has 1 aliphatic heterocycles. The smallest absolute Gasteiger partial charge is 0.475 e. The average molecular weight is 596 g/mol. The van der Waals surface area contributed by atoms with Gasteiger partial charge >= 0.3 is 24.3 Å². The molecule has 8 nitrogen and oxygen atoms in total. The monoisotopic (exact) mass is 595 g/mol. The van der Waals surface area contributed by atoms with E-state index in [9.17, 15) is 31.1 Å². The molecular formula is C27H35F6N3O5. The van der Waals surface area contributed by atoms with E-state index in [1.807, 2.05) is 13.8 Å². The number of nitrogens with one attached hydrogen (secondary N) is 1. The minimum atomic E-state index is -5.08. The van der Waals surface area contributed by atoms with Gasteiger partial charge in [0.25, 0.3) is 0 Å². The molecule has 1 aromatic carbocycles. The van der Waals surface area contributed by atoms with E-state index >= 15 is 0 Å². The number of benzene rings is 1. The van der Waals surface area contributed by atoms with Crippen LogP contribution in [0.15, 0.2) is 35.9 Å². The number of primary amides is 1. The van der Waals surface area contributed by atoms with Crippen molar-refractivity contribution in [3.63, 3.8) is 0 Å². The number of carboxylic acid groups (broad SMARTS) is 2. The largest absolute Gasteiger partial charge is 0.490 e. The summed E-state index contributed by atoms with van der Waals surface area (Å²) in [7, 11) is 0. The van der Waals surface area contributed by atoms with Gasteiger partial charge in [0, 0.05) is 25.2 Å². The summed E-state index contributed by atoms with van der Waals surface area (Å²) in [6, 6.07) is 12.0. The van der Waals surface area contributed by atoms with Gasteiger partial charge in [-0.15, -0.1) is 0 Å². The Labute approximate surface area is 233 Å². The maximum Gasteiger partial charge on any atom is 0.490 e. The highest BCUT2D eigenvalue weighted by atomic mass is 19.4. The molecule has 14 heteroatoms. The Bertz CT molecular complexity index is 1080. The van der Waals surface area contributed by atoms with Crippen molar-refractivity contribution in [1.82, 2.24) is 10.2 Å². The molecule has 1 saturated heterocycles. The molecule has 3 aliphatic rings. The lowest BCUT2D eigenvalue weighted by atomic mass is 9.59. The third kappa shape index (κ3) is 9.45. The topological polar surface area (TPSA) is 133 Å². The van der Waals surface area contributed by atoms with E-state index in [1.165, 1.54) is 24.8 Å². The summed E-state index contributed by atoms with van der Waals surface area (Å²) in [6.07, 6.45) is -2.90. The van der Waals surface area contributed by atoms with E-state index in [1.54, 1.807) is 5.57 Å². The van der Waals surface area contributed by atoms with Crippen LogP contribution in [0.4, 0.5) is 26.3 Å². The summed E-state index contributed by atoms with van der Waals surface area (Å²) < 4.78 is 63.5. The molecule has 41 heavy (non-hydrogen) atoms. The van der Waals surface area contributed by atoms with Gasteiger partial charge in [-0.3, -0.25) is 9.69 Å². The van der Waals surface area contributed by atoms with Gasteiger partial charge in [0.15, 0.2) is 0 Å². The molecule has 0 unspecified atom stereocenters. The molecule has 2 aliphatic carbocycles. The van der Waals surface area contributed by atoms with Crippen molar-refractivity contribution in [3.8, 4) is 0 Å². The Morgan fingerprint density at radius 2 is 1.46 bits per heavy atom. The van der Waals surface area contributed by atoms with Gasteiger partial charge in [0.1, 0.15) is 0 Å². The Balaban J connectivity index is 0.000000349. The van der Waals surface area contributed by atoms with Crippen LogP contribution >= 0.6 is 0 Å². The van der Waals surface area contributed by atoms with Crippen molar-refractivity contribution in [2.75, 3.05) is 13.1 Å². The fraction of sp³-hybridized carbons (Fsp3) is 0.593. The first-order valence-electron chi connectivity index (χ1n) is 12.9. The summed E-state index contributed by atoms with van der Waals surface area (Å²) in [5.41, 5.74) is 8.36. The van der Waals surface area contributed by atoms with E-state index in [-0.39, 0.29) is 5.91 Å². The third-order valence-corrected chi connectivity index (χ3v) is 7.57. The molecule has 0 aromatic heterocycles. The number of amides is 1. The van der Waals surface area contributed by atoms with Crippen LogP contribution in [0.1, 0.15) is 52.0 Å². The molecule has 0 radical (unpaired) electrons. The average Bonchev–Trinajstić information content (AvgIpc) is 3.57. The number of nitrogens with zero attached hydrogens (tertiary/aromatic N) is 1. The number of aliphatic carboxylic acids is 2. The summed E-state index contributed by atoms with van der Waals surface area (Å²) >= 11 is 0. The molecule has 2 atom stereocenters. The third-order valence-electron chi connectivity index (χ3n) is 7.57. The highest BCUT2D eigenvalue weighted by Crippen LogP contribution is 2.52. The zero-order valence-corrected chi connectivity index (χ0v) is 22.9. The minimum absolute atomic E-state index is 0.218. The lowest BCUT2D eigenvalue weighted by molar-refractivity contribution is -0.193. The summed E-state index contributed by atoms with van der Waals surface area (Å²) in [6.45, 7) is 8.19. The first kappa shape index (κ1) is 34.1. The van der Waals surface area contributed by atoms with Crippen molar-refractivity contribution in [1.29, 1.82) is 0 Å². The lowest BCUT2D eigenvalue weighted by Crippen LogP contribution is -2.72. The predicted octanol–water partition coefficient (Wildman–Crippen LogP) is 4.45. The van der Waals surface area contributed by atoms with Crippen molar-refractivity contribution in [2.45, 2.75) is 76.4 Å². The Morgan fingerprint density at radius 1 is 1.00 bits per heavy atom. The van der Waals surface area contributed by atoms with Gasteiger partial charge in [-0.1, -0.05) is 48.9 Å². The number of carbonyl (C=O) groups is 3. The summed E-state index contributed by atoms with van der Waals surface area (Å²) in [4.78, 5) is 31.6. The van der Waals surface area contributed by atoms with Crippen LogP contribution in [-0.4, -0.2) is 76.0 Å². The Morgan fingerprint density at radius 3 is 1.85 bits per heavy atom. The number of hydrogen-bond acceptors (Lipinski definition) is 5. The van der Waals surface area contributed by atoms with Crippen molar-refractivity contribution >= 4 is 23.9 Å². The fourth-order valence-corrected chi connectivity index (χ4v) is 5.00. The molecule has 1 aromatic rings. The van der Waals surface area contributed by atoms with Gasteiger partial charge in [-0.25, -0.2) is 9.59 Å². The van der Waals surface area contributed by atoms with Gasteiger partial charge in [-0.2, -0.15) is 26.3 Å². The number of likely N-dealkylation sites (tertiary alicyclic amines) is 1. The SMILES string of the molecule is CC/C(=C\c1ccccc1)[C@H]1C[C@@H]1NC1CC2(C1)CN(C(C)(C)C(N)=O)C2.O=C(O)C(F)(F)F.O=C(O)C(F)(F)F. The maximum atomic E-state index is 11.6. The second kappa shape index (κ2) is 12.8. The number of alkyl halides is 6. The molecule has 1 amide bonds. The lowest BCUT2D eigenvalue weighted by Gasteiger charge is -2.62. The van der Waals surface area contributed by atoms with Crippen LogP contribution < -0.4 is 11.1 Å². The second-order valence-electron chi connectivity index (χ2n) is 11.1. The number of carbonyl (C=O) groups excluding carboxylic acids is 1. The fourth-order valence-electron chi connectivity index (χ4n) is 5.00. The normalized spacial score (nSPS) is 22.2. The number of rotatable bonds is 7. The van der Waals surface area contributed by atoms with Crippen LogP contribution in [-0.2, 0) is 14.4 Å². The number of nitrogens with two attached hydrogens (primary N) is 1. The number of halogens is 6. The summed E-state index contributed by atoms with van der Waals surface area (Å²) in [5, 5.41) is 18.1. The molecule has 4 rings (SSSR count). The maximum absolute atomic E-state index is 11.6. The molecule has 0 bridgehead atoms. The first-order chi connectivity index (χ1) is 18.7. The molecule has 2 saturated carbocycles. The Kier molecular flexibility index (Phi) is 10.6. The van der Waals surface area contributed by atoms with Crippen LogP contribution in [0.2, 0.25) is 0 Å². The van der Waals surface area contributed by atoms with E-state index in [0.717, 1.165) is 19.5 Å². The minimum Gasteiger partial charge on any atom is -0.475 e. The molecule has 1 heterocycles. The second-order valence-corrected chi connectivity index (χ2v) is 11.1. The van der Waals surface area contributed by atoms with E-state index < -0.39 is 29.8 Å². The van der Waals surface area contributed by atoms with Crippen molar-refractivity contribution in [2.24, 2.45) is 17.1 Å². The zero-order chi connectivity index (χ0) is 31.4. The molecule has 1 spiro atoms. The van der Waals surface area contributed by atoms with Crippen molar-refractivity contribution in [3.05, 3.63) is 41.5 Å². The van der Waals surface area contributed by atoms with Crippen molar-refractivity contribution < 1.29 is 50.9 Å². The number of hydrogen-bond donors (Lipinski definition) is 4. The molecule has 3 fully saturated rings. The Hall–Kier alpha value is -3.13. The molecule has 5 N–H and O–H groups in total. The predicted molar refractivity (Wildman–Crippen MR) is 137 cm³/mol. The highest BCUT2D eigenvalue weighted by Gasteiger charge is 2.57. The van der Waals surface area contributed by atoms with Crippen LogP contribution in [0.3, 0.4) is 0 Å². The van der Waals surface area contributed by atoms with Gasteiger partial charge in [0.05, 0.1) is 5.54 Å². The van der Waals surface area contributed by atoms with E-state index in [0.29, 0.717) is 23.4 Å². The van der Waals surface area contributed by atoms with E-state index in [4.69, 9.17) is 25.5 Å². The first-order valence-corrected chi connectivity index (χ1v) is 12.9.